The van der Waals surface area contributed by atoms with Crippen molar-refractivity contribution in [3.05, 3.63) is 36.0 Å². The second-order valence-corrected chi connectivity index (χ2v) is 6.81. The zero-order chi connectivity index (χ0) is 16.0. The van der Waals surface area contributed by atoms with Crippen molar-refractivity contribution in [1.82, 2.24) is 14.8 Å². The van der Waals surface area contributed by atoms with Crippen molar-refractivity contribution in [2.45, 2.75) is 31.0 Å². The Morgan fingerprint density at radius 3 is 3.04 bits per heavy atom. The average molecular weight is 313 g/mol. The summed E-state index contributed by atoms with van der Waals surface area (Å²) in [5.41, 5.74) is 1.83. The maximum Gasteiger partial charge on any atom is 0.254 e. The van der Waals surface area contributed by atoms with Gasteiger partial charge >= 0.3 is 0 Å². The molecule has 0 saturated carbocycles. The SMILES string of the molecule is CN(C)[C@@H]1CN(C(=O)c2ccc3[nH]ccc3c2)[C@@H]2CCCO[C@H]12. The van der Waals surface area contributed by atoms with Gasteiger partial charge < -0.3 is 19.5 Å². The Morgan fingerprint density at radius 2 is 2.22 bits per heavy atom. The molecule has 0 aliphatic carbocycles. The number of rotatable bonds is 2. The summed E-state index contributed by atoms with van der Waals surface area (Å²) in [5.74, 6) is 0.123. The van der Waals surface area contributed by atoms with Gasteiger partial charge in [-0.3, -0.25) is 4.79 Å². The highest BCUT2D eigenvalue weighted by molar-refractivity contribution is 5.98. The number of H-pyrrole nitrogens is 1. The fourth-order valence-corrected chi connectivity index (χ4v) is 3.97. The Kier molecular flexibility index (Phi) is 3.62. The third-order valence-corrected chi connectivity index (χ3v) is 5.22. The summed E-state index contributed by atoms with van der Waals surface area (Å²) in [6.07, 6.45) is 4.11. The molecular formula is C18H23N3O2. The molecule has 2 aromatic rings. The number of carbonyl (C=O) groups excluding carboxylic acids is 1. The molecule has 0 radical (unpaired) electrons. The minimum atomic E-state index is 0.123. The van der Waals surface area contributed by atoms with Gasteiger partial charge in [-0.25, -0.2) is 0 Å². The summed E-state index contributed by atoms with van der Waals surface area (Å²) in [6, 6.07) is 8.37. The number of fused-ring (bicyclic) bond motifs is 2. The number of nitrogens with one attached hydrogen (secondary N) is 1. The first kappa shape index (κ1) is 14.7. The van der Waals surface area contributed by atoms with Crippen molar-refractivity contribution < 1.29 is 9.53 Å². The molecule has 1 aromatic carbocycles. The molecule has 2 aliphatic heterocycles. The van der Waals surface area contributed by atoms with E-state index in [0.717, 1.165) is 42.5 Å². The Hall–Kier alpha value is -1.85. The lowest BCUT2D eigenvalue weighted by molar-refractivity contribution is -0.0312. The molecule has 0 unspecified atom stereocenters. The first-order valence-electron chi connectivity index (χ1n) is 8.31. The fourth-order valence-electron chi connectivity index (χ4n) is 3.97. The molecule has 122 valence electrons. The van der Waals surface area contributed by atoms with Crippen molar-refractivity contribution in [2.24, 2.45) is 0 Å². The Labute approximate surface area is 136 Å². The lowest BCUT2D eigenvalue weighted by atomic mass is 10.00. The van der Waals surface area contributed by atoms with Crippen LogP contribution in [0, 0.1) is 0 Å². The van der Waals surface area contributed by atoms with Gasteiger partial charge in [0.1, 0.15) is 0 Å². The summed E-state index contributed by atoms with van der Waals surface area (Å²) >= 11 is 0. The Bertz CT molecular complexity index is 724. The maximum atomic E-state index is 13.1. The highest BCUT2D eigenvalue weighted by Crippen LogP contribution is 2.32. The lowest BCUT2D eigenvalue weighted by Crippen LogP contribution is -2.45. The minimum absolute atomic E-state index is 0.123. The average Bonchev–Trinajstić information content (AvgIpc) is 3.18. The van der Waals surface area contributed by atoms with Gasteiger partial charge in [-0.2, -0.15) is 0 Å². The van der Waals surface area contributed by atoms with Gasteiger partial charge in [0.2, 0.25) is 0 Å². The van der Waals surface area contributed by atoms with Crippen LogP contribution in [0.15, 0.2) is 30.5 Å². The second-order valence-electron chi connectivity index (χ2n) is 6.81. The molecule has 23 heavy (non-hydrogen) atoms. The summed E-state index contributed by atoms with van der Waals surface area (Å²) in [4.78, 5) is 20.5. The number of amides is 1. The molecule has 0 bridgehead atoms. The zero-order valence-electron chi connectivity index (χ0n) is 13.7. The van der Waals surface area contributed by atoms with E-state index in [1.165, 1.54) is 0 Å². The van der Waals surface area contributed by atoms with Gasteiger partial charge in [-0.15, -0.1) is 0 Å². The minimum Gasteiger partial charge on any atom is -0.374 e. The van der Waals surface area contributed by atoms with Crippen LogP contribution in [0.5, 0.6) is 0 Å². The number of nitrogens with zero attached hydrogens (tertiary/aromatic N) is 2. The standard InChI is InChI=1S/C18H23N3O2/c1-20(2)16-11-21(15-4-3-9-23-17(15)16)18(22)13-5-6-14-12(10-13)7-8-19-14/h5-8,10,15-17,19H,3-4,9,11H2,1-2H3/t15-,16-,17+/m1/s1. The van der Waals surface area contributed by atoms with Gasteiger partial charge in [0, 0.05) is 35.8 Å². The van der Waals surface area contributed by atoms with Crippen LogP contribution in [0.25, 0.3) is 10.9 Å². The summed E-state index contributed by atoms with van der Waals surface area (Å²) in [7, 11) is 4.14. The van der Waals surface area contributed by atoms with E-state index in [1.54, 1.807) is 0 Å². The molecule has 1 N–H and O–H groups in total. The Balaban J connectivity index is 1.64. The lowest BCUT2D eigenvalue weighted by Gasteiger charge is -2.33. The van der Waals surface area contributed by atoms with Gasteiger partial charge in [0.15, 0.2) is 0 Å². The van der Waals surface area contributed by atoms with E-state index in [-0.39, 0.29) is 24.1 Å². The molecule has 5 heteroatoms. The number of benzene rings is 1. The van der Waals surface area contributed by atoms with Crippen molar-refractivity contribution >= 4 is 16.8 Å². The predicted octanol–water partition coefficient (Wildman–Crippen LogP) is 2.10. The highest BCUT2D eigenvalue weighted by atomic mass is 16.5. The van der Waals surface area contributed by atoms with E-state index in [4.69, 9.17) is 4.74 Å². The number of carbonyl (C=O) groups is 1. The molecule has 0 spiro atoms. The zero-order valence-corrected chi connectivity index (χ0v) is 13.7. The number of aromatic nitrogens is 1. The third-order valence-electron chi connectivity index (χ3n) is 5.22. The molecule has 1 amide bonds. The molecule has 2 saturated heterocycles. The molecule has 1 aromatic heterocycles. The first-order chi connectivity index (χ1) is 11.1. The Morgan fingerprint density at radius 1 is 1.35 bits per heavy atom. The van der Waals surface area contributed by atoms with Crippen LogP contribution in [0.1, 0.15) is 23.2 Å². The van der Waals surface area contributed by atoms with Gasteiger partial charge in [-0.05, 0) is 51.2 Å². The molecular weight excluding hydrogens is 290 g/mol. The summed E-state index contributed by atoms with van der Waals surface area (Å²) < 4.78 is 6.01. The molecule has 2 fully saturated rings. The monoisotopic (exact) mass is 313 g/mol. The van der Waals surface area contributed by atoms with Crippen molar-refractivity contribution in [3.63, 3.8) is 0 Å². The van der Waals surface area contributed by atoms with Gasteiger partial charge in [-0.1, -0.05) is 0 Å². The van der Waals surface area contributed by atoms with Crippen LogP contribution in [-0.2, 0) is 4.74 Å². The van der Waals surface area contributed by atoms with Crippen LogP contribution < -0.4 is 0 Å². The van der Waals surface area contributed by atoms with Crippen molar-refractivity contribution in [3.8, 4) is 0 Å². The second kappa shape index (κ2) is 5.65. The van der Waals surface area contributed by atoms with Gasteiger partial charge in [0.05, 0.1) is 18.2 Å². The summed E-state index contributed by atoms with van der Waals surface area (Å²) in [6.45, 7) is 1.55. The van der Waals surface area contributed by atoms with Crippen molar-refractivity contribution in [1.29, 1.82) is 0 Å². The van der Waals surface area contributed by atoms with Gasteiger partial charge in [0.25, 0.3) is 5.91 Å². The summed E-state index contributed by atoms with van der Waals surface area (Å²) in [5, 5.41) is 1.08. The van der Waals surface area contributed by atoms with Crippen LogP contribution in [0.2, 0.25) is 0 Å². The van der Waals surface area contributed by atoms with E-state index in [0.29, 0.717) is 0 Å². The number of aromatic amines is 1. The number of ether oxygens (including phenoxy) is 1. The molecule has 3 heterocycles. The van der Waals surface area contributed by atoms with Crippen LogP contribution in [0.3, 0.4) is 0 Å². The third kappa shape index (κ3) is 2.44. The molecule has 4 rings (SSSR count). The van der Waals surface area contributed by atoms with Crippen LogP contribution in [0.4, 0.5) is 0 Å². The largest absolute Gasteiger partial charge is 0.374 e. The van der Waals surface area contributed by atoms with E-state index in [1.807, 2.05) is 35.4 Å². The number of hydrogen-bond donors (Lipinski definition) is 1. The molecule has 3 atom stereocenters. The predicted molar refractivity (Wildman–Crippen MR) is 89.6 cm³/mol. The highest BCUT2D eigenvalue weighted by Gasteiger charge is 2.46. The normalized spacial score (nSPS) is 27.6. The van der Waals surface area contributed by atoms with E-state index in [9.17, 15) is 4.79 Å². The number of likely N-dealkylation sites (tertiary alicyclic amines) is 1. The number of hydrogen-bond acceptors (Lipinski definition) is 3. The van der Waals surface area contributed by atoms with E-state index >= 15 is 0 Å². The number of likely N-dealkylation sites (N-methyl/N-ethyl adjacent to an activating group) is 1. The molecule has 2 aliphatic rings. The van der Waals surface area contributed by atoms with Crippen LogP contribution in [-0.4, -0.2) is 66.1 Å². The fraction of sp³-hybridized carbons (Fsp3) is 0.500. The van der Waals surface area contributed by atoms with E-state index in [2.05, 4.69) is 24.0 Å². The van der Waals surface area contributed by atoms with Crippen molar-refractivity contribution in [2.75, 3.05) is 27.2 Å². The maximum absolute atomic E-state index is 13.1. The molecule has 5 nitrogen and oxygen atoms in total. The topological polar surface area (TPSA) is 48.6 Å². The quantitative estimate of drug-likeness (QED) is 0.924. The first-order valence-corrected chi connectivity index (χ1v) is 8.31. The smallest absolute Gasteiger partial charge is 0.254 e. The van der Waals surface area contributed by atoms with E-state index < -0.39 is 0 Å². The van der Waals surface area contributed by atoms with Crippen LogP contribution >= 0.6 is 0 Å².